The molecule has 0 saturated carbocycles. The third kappa shape index (κ3) is 2.71. The second-order valence-corrected chi connectivity index (χ2v) is 3.87. The van der Waals surface area contributed by atoms with Crippen molar-refractivity contribution >= 4 is 21.9 Å². The number of hydrogen-bond donors (Lipinski definition) is 0. The summed E-state index contributed by atoms with van der Waals surface area (Å²) in [5, 5.41) is 0. The topological polar surface area (TPSA) is 65.2 Å². The number of hydrogen-bond acceptors (Lipinski definition) is 5. The van der Waals surface area contributed by atoms with Crippen LogP contribution in [0.25, 0.3) is 11.6 Å². The lowest BCUT2D eigenvalue weighted by molar-refractivity contribution is 0.0519. The zero-order valence-electron chi connectivity index (χ0n) is 9.01. The largest absolute Gasteiger partial charge is 0.461 e. The van der Waals surface area contributed by atoms with E-state index in [9.17, 15) is 4.79 Å². The van der Waals surface area contributed by atoms with Gasteiger partial charge in [-0.2, -0.15) is 0 Å². The summed E-state index contributed by atoms with van der Waals surface area (Å²) in [5.41, 5.74) is 0.212. The fourth-order valence-corrected chi connectivity index (χ4v) is 1.54. The molecule has 0 unspecified atom stereocenters. The molecule has 0 amide bonds. The number of esters is 1. The minimum Gasteiger partial charge on any atom is -0.461 e. The highest BCUT2D eigenvalue weighted by Gasteiger charge is 2.12. The van der Waals surface area contributed by atoms with Gasteiger partial charge in [0.25, 0.3) is 0 Å². The van der Waals surface area contributed by atoms with E-state index < -0.39 is 5.97 Å². The molecule has 0 aromatic carbocycles. The molecule has 2 rings (SSSR count). The van der Waals surface area contributed by atoms with Gasteiger partial charge >= 0.3 is 5.97 Å². The molecule has 0 spiro atoms. The SMILES string of the molecule is CCOC(=O)c1ccnc(-c2ccc(Br)o2)n1. The average molecular weight is 297 g/mol. The van der Waals surface area contributed by atoms with E-state index in [4.69, 9.17) is 9.15 Å². The smallest absolute Gasteiger partial charge is 0.357 e. The first-order valence-electron chi connectivity index (χ1n) is 4.96. The van der Waals surface area contributed by atoms with Gasteiger partial charge in [-0.1, -0.05) is 0 Å². The zero-order valence-corrected chi connectivity index (χ0v) is 10.6. The van der Waals surface area contributed by atoms with Gasteiger partial charge in [0.1, 0.15) is 0 Å². The molecule has 5 nitrogen and oxygen atoms in total. The summed E-state index contributed by atoms with van der Waals surface area (Å²) in [5.74, 6) is 0.367. The van der Waals surface area contributed by atoms with Crippen LogP contribution in [0.5, 0.6) is 0 Å². The van der Waals surface area contributed by atoms with Gasteiger partial charge in [-0.05, 0) is 41.1 Å². The molecule has 2 aromatic heterocycles. The summed E-state index contributed by atoms with van der Waals surface area (Å²) in [6, 6.07) is 4.95. The van der Waals surface area contributed by atoms with Gasteiger partial charge in [0.05, 0.1) is 6.61 Å². The van der Waals surface area contributed by atoms with Gasteiger partial charge in [-0.25, -0.2) is 14.8 Å². The fraction of sp³-hybridized carbons (Fsp3) is 0.182. The van der Waals surface area contributed by atoms with E-state index in [0.717, 1.165) is 0 Å². The van der Waals surface area contributed by atoms with Crippen LogP contribution in [0.1, 0.15) is 17.4 Å². The van der Waals surface area contributed by atoms with Crippen molar-refractivity contribution in [1.29, 1.82) is 0 Å². The minimum absolute atomic E-state index is 0.212. The summed E-state index contributed by atoms with van der Waals surface area (Å²) in [6.45, 7) is 2.05. The van der Waals surface area contributed by atoms with Crippen molar-refractivity contribution in [2.45, 2.75) is 6.92 Å². The summed E-state index contributed by atoms with van der Waals surface area (Å²) >= 11 is 3.19. The average Bonchev–Trinajstić information content (AvgIpc) is 2.76. The normalized spacial score (nSPS) is 10.2. The maximum Gasteiger partial charge on any atom is 0.357 e. The molecule has 17 heavy (non-hydrogen) atoms. The fourth-order valence-electron chi connectivity index (χ4n) is 1.23. The van der Waals surface area contributed by atoms with Crippen LogP contribution >= 0.6 is 15.9 Å². The maximum atomic E-state index is 11.5. The zero-order chi connectivity index (χ0) is 12.3. The van der Waals surface area contributed by atoms with E-state index in [1.165, 1.54) is 12.3 Å². The van der Waals surface area contributed by atoms with Crippen molar-refractivity contribution in [3.8, 4) is 11.6 Å². The Bertz CT molecular complexity index is 539. The van der Waals surface area contributed by atoms with Crippen molar-refractivity contribution in [3.63, 3.8) is 0 Å². The molecule has 0 saturated heterocycles. The molecule has 0 fully saturated rings. The Morgan fingerprint density at radius 2 is 2.29 bits per heavy atom. The molecular weight excluding hydrogens is 288 g/mol. The summed E-state index contributed by atoms with van der Waals surface area (Å²) in [7, 11) is 0. The molecule has 6 heteroatoms. The minimum atomic E-state index is -0.471. The molecule has 0 bridgehead atoms. The van der Waals surface area contributed by atoms with Crippen molar-refractivity contribution in [1.82, 2.24) is 9.97 Å². The van der Waals surface area contributed by atoms with Gasteiger partial charge in [0.2, 0.25) is 0 Å². The predicted octanol–water partition coefficient (Wildman–Crippen LogP) is 2.68. The highest BCUT2D eigenvalue weighted by molar-refractivity contribution is 9.10. The molecule has 0 aliphatic rings. The lowest BCUT2D eigenvalue weighted by atomic mass is 10.3. The number of halogens is 1. The Hall–Kier alpha value is -1.69. The Kier molecular flexibility index (Phi) is 3.53. The molecule has 0 aliphatic heterocycles. The third-order valence-corrected chi connectivity index (χ3v) is 2.36. The summed E-state index contributed by atoms with van der Waals surface area (Å²) < 4.78 is 10.7. The molecular formula is C11H9BrN2O3. The van der Waals surface area contributed by atoms with Crippen LogP contribution in [-0.2, 0) is 4.74 Å². The monoisotopic (exact) mass is 296 g/mol. The molecule has 0 N–H and O–H groups in total. The Balaban J connectivity index is 2.31. The molecule has 0 atom stereocenters. The molecule has 88 valence electrons. The van der Waals surface area contributed by atoms with Crippen molar-refractivity contribution in [3.05, 3.63) is 34.8 Å². The number of nitrogens with zero attached hydrogens (tertiary/aromatic N) is 2. The van der Waals surface area contributed by atoms with Gasteiger partial charge < -0.3 is 9.15 Å². The quantitative estimate of drug-likeness (QED) is 0.815. The lowest BCUT2D eigenvalue weighted by Crippen LogP contribution is -2.07. The van der Waals surface area contributed by atoms with Gasteiger partial charge in [0.15, 0.2) is 21.9 Å². The van der Waals surface area contributed by atoms with Crippen LogP contribution in [0.15, 0.2) is 33.5 Å². The molecule has 0 aliphatic carbocycles. The van der Waals surface area contributed by atoms with E-state index in [2.05, 4.69) is 25.9 Å². The number of rotatable bonds is 3. The van der Waals surface area contributed by atoms with Crippen molar-refractivity contribution in [2.24, 2.45) is 0 Å². The second kappa shape index (κ2) is 5.09. The molecule has 0 radical (unpaired) electrons. The van der Waals surface area contributed by atoms with Crippen LogP contribution < -0.4 is 0 Å². The third-order valence-electron chi connectivity index (χ3n) is 1.93. The van der Waals surface area contributed by atoms with E-state index in [1.54, 1.807) is 19.1 Å². The van der Waals surface area contributed by atoms with Crippen LogP contribution in [0.2, 0.25) is 0 Å². The Morgan fingerprint density at radius 1 is 1.47 bits per heavy atom. The first-order valence-corrected chi connectivity index (χ1v) is 5.76. The summed E-state index contributed by atoms with van der Waals surface area (Å²) in [6.07, 6.45) is 1.49. The summed E-state index contributed by atoms with van der Waals surface area (Å²) in [4.78, 5) is 19.6. The highest BCUT2D eigenvalue weighted by Crippen LogP contribution is 2.21. The van der Waals surface area contributed by atoms with Crippen LogP contribution in [0.4, 0.5) is 0 Å². The van der Waals surface area contributed by atoms with Crippen LogP contribution in [0.3, 0.4) is 0 Å². The number of aromatic nitrogens is 2. The molecule has 2 heterocycles. The van der Waals surface area contributed by atoms with Gasteiger partial charge in [0, 0.05) is 6.20 Å². The van der Waals surface area contributed by atoms with E-state index in [0.29, 0.717) is 22.9 Å². The van der Waals surface area contributed by atoms with Gasteiger partial charge in [-0.3, -0.25) is 0 Å². The van der Waals surface area contributed by atoms with Crippen LogP contribution in [0, 0.1) is 0 Å². The van der Waals surface area contributed by atoms with Crippen molar-refractivity contribution in [2.75, 3.05) is 6.61 Å². The highest BCUT2D eigenvalue weighted by atomic mass is 79.9. The van der Waals surface area contributed by atoms with Crippen LogP contribution in [-0.4, -0.2) is 22.5 Å². The molecule has 2 aromatic rings. The van der Waals surface area contributed by atoms with E-state index in [1.807, 2.05) is 0 Å². The maximum absolute atomic E-state index is 11.5. The number of carbonyl (C=O) groups is 1. The first-order chi connectivity index (χ1) is 8.20. The Morgan fingerprint density at radius 3 is 2.94 bits per heavy atom. The Labute approximate surface area is 106 Å². The standard InChI is InChI=1S/C11H9BrN2O3/c1-2-16-11(15)7-5-6-13-10(14-7)8-3-4-9(12)17-8/h3-6H,2H2,1H3. The number of ether oxygens (including phenoxy) is 1. The second-order valence-electron chi connectivity index (χ2n) is 3.09. The van der Waals surface area contributed by atoms with Gasteiger partial charge in [-0.15, -0.1) is 0 Å². The van der Waals surface area contributed by atoms with E-state index >= 15 is 0 Å². The number of furan rings is 1. The lowest BCUT2D eigenvalue weighted by Gasteiger charge is -2.01. The predicted molar refractivity (Wildman–Crippen MR) is 63.4 cm³/mol. The number of carbonyl (C=O) groups excluding carboxylic acids is 1. The van der Waals surface area contributed by atoms with Crippen molar-refractivity contribution < 1.29 is 13.9 Å². The van der Waals surface area contributed by atoms with E-state index in [-0.39, 0.29) is 5.69 Å². The first kappa shape index (κ1) is 11.8.